The van der Waals surface area contributed by atoms with Gasteiger partial charge in [0.25, 0.3) is 5.78 Å². The van der Waals surface area contributed by atoms with Crippen LogP contribution in [0.2, 0.25) is 0 Å². The van der Waals surface area contributed by atoms with Crippen LogP contribution < -0.4 is 4.74 Å². The van der Waals surface area contributed by atoms with E-state index in [4.69, 9.17) is 9.84 Å². The smallest absolute Gasteiger partial charge is 0.356 e. The van der Waals surface area contributed by atoms with Crippen molar-refractivity contribution in [1.82, 2.24) is 19.6 Å². The summed E-state index contributed by atoms with van der Waals surface area (Å²) in [4.78, 5) is 19.2. The summed E-state index contributed by atoms with van der Waals surface area (Å²) in [6.07, 6.45) is 1.26. The lowest BCUT2D eigenvalue weighted by atomic mass is 10.2. The molecule has 0 spiro atoms. The summed E-state index contributed by atoms with van der Waals surface area (Å²) in [5.41, 5.74) is 0.831. The van der Waals surface area contributed by atoms with Crippen molar-refractivity contribution < 1.29 is 14.6 Å². The van der Waals surface area contributed by atoms with Crippen LogP contribution in [0.3, 0.4) is 0 Å². The van der Waals surface area contributed by atoms with Crippen LogP contribution >= 0.6 is 0 Å². The summed E-state index contributed by atoms with van der Waals surface area (Å²) in [6, 6.07) is 7.30. The number of imidazole rings is 1. The van der Waals surface area contributed by atoms with Crippen LogP contribution in [0.5, 0.6) is 5.75 Å². The Morgan fingerprint density at radius 2 is 2.32 bits per heavy atom. The van der Waals surface area contributed by atoms with E-state index in [1.54, 1.807) is 13.2 Å². The van der Waals surface area contributed by atoms with Crippen molar-refractivity contribution in [2.45, 2.75) is 0 Å². The third-order valence-corrected chi connectivity index (χ3v) is 2.74. The lowest BCUT2D eigenvalue weighted by molar-refractivity contribution is 0.0688. The van der Waals surface area contributed by atoms with Crippen LogP contribution in [0.15, 0.2) is 30.5 Å². The quantitative estimate of drug-likeness (QED) is 0.741. The zero-order chi connectivity index (χ0) is 13.4. The van der Waals surface area contributed by atoms with Gasteiger partial charge in [0.05, 0.1) is 13.3 Å². The van der Waals surface area contributed by atoms with Gasteiger partial charge in [-0.15, -0.1) is 0 Å². The fourth-order valence-electron chi connectivity index (χ4n) is 1.81. The van der Waals surface area contributed by atoms with Gasteiger partial charge in [0, 0.05) is 5.56 Å². The monoisotopic (exact) mass is 258 g/mol. The maximum atomic E-state index is 11.0. The summed E-state index contributed by atoms with van der Waals surface area (Å²) >= 11 is 0. The summed E-state index contributed by atoms with van der Waals surface area (Å²) < 4.78 is 6.47. The molecule has 7 heteroatoms. The molecule has 2 heterocycles. The molecule has 2 aromatic heterocycles. The highest BCUT2D eigenvalue weighted by molar-refractivity contribution is 5.86. The van der Waals surface area contributed by atoms with Crippen LogP contribution in [-0.2, 0) is 0 Å². The number of carbonyl (C=O) groups is 1. The van der Waals surface area contributed by atoms with Gasteiger partial charge in [0.1, 0.15) is 5.75 Å². The third-order valence-electron chi connectivity index (χ3n) is 2.74. The first kappa shape index (κ1) is 11.3. The van der Waals surface area contributed by atoms with Gasteiger partial charge >= 0.3 is 5.97 Å². The summed E-state index contributed by atoms with van der Waals surface area (Å²) in [6.45, 7) is 0. The molecular formula is C12H10N4O3. The molecule has 0 fully saturated rings. The molecule has 0 radical (unpaired) electrons. The summed E-state index contributed by atoms with van der Waals surface area (Å²) in [7, 11) is 1.58. The Morgan fingerprint density at radius 1 is 1.47 bits per heavy atom. The minimum absolute atomic E-state index is 0.0386. The molecule has 3 aromatic rings. The molecule has 0 bridgehead atoms. The van der Waals surface area contributed by atoms with E-state index in [0.29, 0.717) is 17.4 Å². The molecule has 7 nitrogen and oxygen atoms in total. The highest BCUT2D eigenvalue weighted by Gasteiger charge is 2.14. The number of nitrogens with one attached hydrogen (secondary N) is 1. The standard InChI is InChI=1S/C12H10N4O3/c1-19-8-4-2-3-7(5-8)10-14-12-13-6-9(11(17)18)16(12)15-10/h2-6H,1H3,(H,17,18)(H,13,14,15). The van der Waals surface area contributed by atoms with Gasteiger partial charge in [0.15, 0.2) is 11.5 Å². The predicted octanol–water partition coefficient (Wildman–Crippen LogP) is 1.43. The Bertz CT molecular complexity index is 759. The van der Waals surface area contributed by atoms with E-state index in [1.165, 1.54) is 10.7 Å². The third kappa shape index (κ3) is 1.81. The molecule has 1 aromatic carbocycles. The zero-order valence-corrected chi connectivity index (χ0v) is 9.99. The molecule has 19 heavy (non-hydrogen) atoms. The molecule has 0 unspecified atom stereocenters. The number of carboxylic acids is 1. The topological polar surface area (TPSA) is 92.5 Å². The maximum Gasteiger partial charge on any atom is 0.356 e. The van der Waals surface area contributed by atoms with Gasteiger partial charge in [-0.25, -0.2) is 14.3 Å². The molecule has 2 N–H and O–H groups in total. The minimum Gasteiger partial charge on any atom is -0.497 e. The molecule has 0 saturated carbocycles. The Labute approximate surface area is 107 Å². The second-order valence-electron chi connectivity index (χ2n) is 3.89. The first-order chi connectivity index (χ1) is 9.19. The van der Waals surface area contributed by atoms with Crippen LogP contribution in [0, 0.1) is 0 Å². The Hall–Kier alpha value is -2.83. The minimum atomic E-state index is -1.06. The van der Waals surface area contributed by atoms with Crippen molar-refractivity contribution in [3.05, 3.63) is 36.2 Å². The second kappa shape index (κ2) is 4.13. The number of hydrogen-bond donors (Lipinski definition) is 2. The van der Waals surface area contributed by atoms with Gasteiger partial charge in [-0.05, 0) is 12.1 Å². The van der Waals surface area contributed by atoms with Crippen molar-refractivity contribution in [3.8, 4) is 17.1 Å². The van der Waals surface area contributed by atoms with Crippen LogP contribution in [0.1, 0.15) is 10.5 Å². The van der Waals surface area contributed by atoms with E-state index in [0.717, 1.165) is 5.56 Å². The second-order valence-corrected chi connectivity index (χ2v) is 3.89. The average Bonchev–Trinajstić information content (AvgIpc) is 2.98. The van der Waals surface area contributed by atoms with Crippen LogP contribution in [0.4, 0.5) is 0 Å². The van der Waals surface area contributed by atoms with Crippen molar-refractivity contribution >= 4 is 11.7 Å². The molecule has 3 rings (SSSR count). The number of methoxy groups -OCH3 is 1. The van der Waals surface area contributed by atoms with Gasteiger partial charge in [0.2, 0.25) is 0 Å². The van der Waals surface area contributed by atoms with Gasteiger partial charge in [-0.1, -0.05) is 12.1 Å². The average molecular weight is 258 g/mol. The number of aromatic carboxylic acids is 1. The fourth-order valence-corrected chi connectivity index (χ4v) is 1.81. The molecule has 0 aliphatic heterocycles. The fraction of sp³-hybridized carbons (Fsp3) is 0.0833. The zero-order valence-electron chi connectivity index (χ0n) is 9.99. The lowest BCUT2D eigenvalue weighted by Crippen LogP contribution is -2.01. The maximum absolute atomic E-state index is 11.0. The Kier molecular flexibility index (Phi) is 2.45. The molecule has 96 valence electrons. The van der Waals surface area contributed by atoms with Crippen molar-refractivity contribution in [3.63, 3.8) is 0 Å². The van der Waals surface area contributed by atoms with Gasteiger partial charge < -0.3 is 9.84 Å². The van der Waals surface area contributed by atoms with E-state index >= 15 is 0 Å². The Balaban J connectivity index is 2.12. The SMILES string of the molecule is COc1cccc(-c2nc3ncc(C(=O)O)n3[nH]2)c1. The largest absolute Gasteiger partial charge is 0.497 e. The van der Waals surface area contributed by atoms with Crippen molar-refractivity contribution in [1.29, 1.82) is 0 Å². The molecule has 0 aliphatic carbocycles. The van der Waals surface area contributed by atoms with E-state index < -0.39 is 5.97 Å². The van der Waals surface area contributed by atoms with E-state index in [2.05, 4.69) is 15.1 Å². The number of nitrogens with zero attached hydrogens (tertiary/aromatic N) is 3. The number of H-pyrrole nitrogens is 1. The molecule has 0 amide bonds. The highest BCUT2D eigenvalue weighted by Crippen LogP contribution is 2.21. The number of benzene rings is 1. The number of ether oxygens (including phenoxy) is 1. The normalized spacial score (nSPS) is 10.8. The Morgan fingerprint density at radius 3 is 3.05 bits per heavy atom. The number of carboxylic acid groups (broad SMARTS) is 1. The van der Waals surface area contributed by atoms with Crippen molar-refractivity contribution in [2.75, 3.05) is 7.11 Å². The molecule has 0 aliphatic rings. The first-order valence-corrected chi connectivity index (χ1v) is 5.50. The molecular weight excluding hydrogens is 248 g/mol. The van der Waals surface area contributed by atoms with Gasteiger partial charge in [-0.2, -0.15) is 4.98 Å². The van der Waals surface area contributed by atoms with Gasteiger partial charge in [-0.3, -0.25) is 5.10 Å². The van der Waals surface area contributed by atoms with E-state index in [9.17, 15) is 4.79 Å². The van der Waals surface area contributed by atoms with E-state index in [1.807, 2.05) is 18.2 Å². The number of aromatic amines is 1. The first-order valence-electron chi connectivity index (χ1n) is 5.50. The number of aromatic nitrogens is 4. The van der Waals surface area contributed by atoms with Crippen molar-refractivity contribution in [2.24, 2.45) is 0 Å². The summed E-state index contributed by atoms with van der Waals surface area (Å²) in [5, 5.41) is 11.9. The lowest BCUT2D eigenvalue weighted by Gasteiger charge is -2.01. The number of fused-ring (bicyclic) bond motifs is 1. The number of rotatable bonds is 3. The van der Waals surface area contributed by atoms with Crippen LogP contribution in [0.25, 0.3) is 17.2 Å². The molecule has 0 atom stereocenters. The predicted molar refractivity (Wildman–Crippen MR) is 66.3 cm³/mol. The molecule has 0 saturated heterocycles. The number of hydrogen-bond acceptors (Lipinski definition) is 4. The van der Waals surface area contributed by atoms with Crippen LogP contribution in [-0.4, -0.2) is 37.8 Å². The summed E-state index contributed by atoms with van der Waals surface area (Å²) in [5.74, 6) is 0.484. The van der Waals surface area contributed by atoms with E-state index in [-0.39, 0.29) is 5.69 Å². The highest BCUT2D eigenvalue weighted by atomic mass is 16.5.